The van der Waals surface area contributed by atoms with E-state index in [1.54, 1.807) is 29.7 Å². The van der Waals surface area contributed by atoms with Gasteiger partial charge in [0.15, 0.2) is 0 Å². The van der Waals surface area contributed by atoms with Crippen LogP contribution in [-0.4, -0.2) is 36.2 Å². The van der Waals surface area contributed by atoms with Crippen LogP contribution in [0.1, 0.15) is 17.5 Å². The quantitative estimate of drug-likeness (QED) is 0.542. The first kappa shape index (κ1) is 21.9. The van der Waals surface area contributed by atoms with E-state index in [0.29, 0.717) is 24.3 Å². The maximum atomic E-state index is 14.9. The van der Waals surface area contributed by atoms with Crippen molar-refractivity contribution in [2.45, 2.75) is 26.1 Å². The lowest BCUT2D eigenvalue weighted by molar-refractivity contribution is -0.119. The highest BCUT2D eigenvalue weighted by atomic mass is 32.1. The van der Waals surface area contributed by atoms with Gasteiger partial charge in [0.05, 0.1) is 18.8 Å². The van der Waals surface area contributed by atoms with Gasteiger partial charge in [-0.1, -0.05) is 24.3 Å². The highest BCUT2D eigenvalue weighted by Crippen LogP contribution is 2.29. The topological polar surface area (TPSA) is 83.6 Å². The van der Waals surface area contributed by atoms with Crippen LogP contribution in [0.4, 0.5) is 14.9 Å². The second-order valence-corrected chi connectivity index (χ2v) is 8.42. The lowest BCUT2D eigenvalue weighted by Crippen LogP contribution is -2.33. The summed E-state index contributed by atoms with van der Waals surface area (Å²) in [5.41, 5.74) is 2.72. The molecule has 1 aromatic heterocycles. The summed E-state index contributed by atoms with van der Waals surface area (Å²) in [4.78, 5) is 28.8. The van der Waals surface area contributed by atoms with Crippen LogP contribution in [-0.2, 0) is 22.6 Å². The van der Waals surface area contributed by atoms with Crippen LogP contribution in [0.3, 0.4) is 0 Å². The number of anilines is 1. The number of nitrogens with one attached hydrogen (secondary N) is 2. The third kappa shape index (κ3) is 5.30. The van der Waals surface area contributed by atoms with E-state index in [0.717, 1.165) is 16.1 Å². The van der Waals surface area contributed by atoms with Gasteiger partial charge >= 0.3 is 6.09 Å². The van der Waals surface area contributed by atoms with Crippen LogP contribution in [0.2, 0.25) is 0 Å². The molecule has 2 aromatic carbocycles. The Morgan fingerprint density at radius 2 is 2.06 bits per heavy atom. The molecular formula is C23H23FN4O3S. The number of thiazole rings is 1. The van der Waals surface area contributed by atoms with Crippen LogP contribution in [0.5, 0.6) is 0 Å². The fourth-order valence-electron chi connectivity index (χ4n) is 3.46. The Kier molecular flexibility index (Phi) is 6.77. The number of nitrogens with zero attached hydrogens (tertiary/aromatic N) is 2. The maximum Gasteiger partial charge on any atom is 0.414 e. The zero-order chi connectivity index (χ0) is 22.5. The van der Waals surface area contributed by atoms with Gasteiger partial charge in [-0.15, -0.1) is 11.3 Å². The predicted octanol–water partition coefficient (Wildman–Crippen LogP) is 3.70. The number of ether oxygens (including phenoxy) is 1. The minimum atomic E-state index is -0.554. The molecule has 0 spiro atoms. The van der Waals surface area contributed by atoms with E-state index >= 15 is 0 Å². The molecule has 0 radical (unpaired) electrons. The molecule has 9 heteroatoms. The summed E-state index contributed by atoms with van der Waals surface area (Å²) in [6.07, 6.45) is 0.764. The summed E-state index contributed by atoms with van der Waals surface area (Å²) >= 11 is 1.61. The van der Waals surface area contributed by atoms with Crippen molar-refractivity contribution in [1.29, 1.82) is 0 Å². The Balaban J connectivity index is 1.38. The molecule has 2 N–H and O–H groups in total. The number of halogens is 1. The van der Waals surface area contributed by atoms with Crippen LogP contribution in [0.15, 0.2) is 54.0 Å². The minimum Gasteiger partial charge on any atom is -0.442 e. The molecule has 4 rings (SSSR count). The molecule has 7 nitrogen and oxygen atoms in total. The van der Waals surface area contributed by atoms with Crippen LogP contribution in [0.25, 0.3) is 11.1 Å². The van der Waals surface area contributed by atoms with E-state index in [4.69, 9.17) is 4.74 Å². The average Bonchev–Trinajstić information content (AvgIpc) is 3.42. The first-order valence-corrected chi connectivity index (χ1v) is 11.1. The van der Waals surface area contributed by atoms with Crippen molar-refractivity contribution in [3.05, 3.63) is 70.4 Å². The zero-order valence-electron chi connectivity index (χ0n) is 17.5. The summed E-state index contributed by atoms with van der Waals surface area (Å²) in [5.74, 6) is -0.619. The van der Waals surface area contributed by atoms with E-state index < -0.39 is 18.0 Å². The molecule has 0 unspecified atom stereocenters. The molecule has 32 heavy (non-hydrogen) atoms. The van der Waals surface area contributed by atoms with Crippen LogP contribution >= 0.6 is 11.3 Å². The Bertz CT molecular complexity index is 1090. The summed E-state index contributed by atoms with van der Waals surface area (Å²) in [7, 11) is 0. The molecule has 1 aliphatic heterocycles. The minimum absolute atomic E-state index is 0.198. The average molecular weight is 455 g/mol. The molecule has 0 bridgehead atoms. The molecule has 1 aliphatic rings. The number of benzene rings is 2. The molecule has 1 fully saturated rings. The largest absolute Gasteiger partial charge is 0.442 e. The van der Waals surface area contributed by atoms with Gasteiger partial charge in [-0.3, -0.25) is 9.69 Å². The van der Waals surface area contributed by atoms with Gasteiger partial charge in [-0.2, -0.15) is 0 Å². The summed E-state index contributed by atoms with van der Waals surface area (Å²) in [6, 6.07) is 12.4. The molecular weight excluding hydrogens is 431 g/mol. The first-order valence-electron chi connectivity index (χ1n) is 10.2. The van der Waals surface area contributed by atoms with Crippen molar-refractivity contribution in [2.24, 2.45) is 0 Å². The van der Waals surface area contributed by atoms with Crippen LogP contribution in [0, 0.1) is 5.82 Å². The summed E-state index contributed by atoms with van der Waals surface area (Å²) in [5, 5.41) is 8.94. The standard InChI is InChI=1S/C23H23FN4O3S/c1-15(29)27-12-19-14-28(23(30)31-19)18-6-7-20(21(24)10-18)17-4-2-16(3-5-17)11-25-13-22-26-8-9-32-22/h2-10,19,25H,11-14H2,1H3,(H,27,29)/t19-/m0/s1. The van der Waals surface area contributed by atoms with E-state index in [1.807, 2.05) is 29.6 Å². The number of carbonyl (C=O) groups is 2. The molecule has 1 atom stereocenters. The van der Waals surface area contributed by atoms with Crippen molar-refractivity contribution in [2.75, 3.05) is 18.0 Å². The van der Waals surface area contributed by atoms with Crippen molar-refractivity contribution >= 4 is 29.0 Å². The molecule has 3 aromatic rings. The summed E-state index contributed by atoms with van der Waals surface area (Å²) < 4.78 is 20.1. The summed E-state index contributed by atoms with van der Waals surface area (Å²) in [6.45, 7) is 3.27. The predicted molar refractivity (Wildman–Crippen MR) is 121 cm³/mol. The molecule has 166 valence electrons. The Morgan fingerprint density at radius 3 is 2.75 bits per heavy atom. The highest BCUT2D eigenvalue weighted by Gasteiger charge is 2.32. The van der Waals surface area contributed by atoms with Crippen molar-refractivity contribution in [3.63, 3.8) is 0 Å². The van der Waals surface area contributed by atoms with Crippen LogP contribution < -0.4 is 15.5 Å². The number of hydrogen-bond donors (Lipinski definition) is 2. The molecule has 0 saturated carbocycles. The van der Waals surface area contributed by atoms with E-state index in [1.165, 1.54) is 17.9 Å². The van der Waals surface area contributed by atoms with Gasteiger partial charge in [0.2, 0.25) is 5.91 Å². The number of cyclic esters (lactones) is 1. The van der Waals surface area contributed by atoms with Gasteiger partial charge < -0.3 is 15.4 Å². The third-order valence-electron chi connectivity index (χ3n) is 5.07. The van der Waals surface area contributed by atoms with Gasteiger partial charge in [0, 0.05) is 37.2 Å². The van der Waals surface area contributed by atoms with Gasteiger partial charge in [0.25, 0.3) is 0 Å². The molecule has 2 heterocycles. The number of hydrogen-bond acceptors (Lipinski definition) is 6. The Hall–Kier alpha value is -3.30. The second-order valence-electron chi connectivity index (χ2n) is 7.44. The van der Waals surface area contributed by atoms with Gasteiger partial charge in [0.1, 0.15) is 16.9 Å². The van der Waals surface area contributed by atoms with E-state index in [9.17, 15) is 14.0 Å². The maximum absolute atomic E-state index is 14.9. The number of carbonyl (C=O) groups excluding carboxylic acids is 2. The SMILES string of the molecule is CC(=O)NC[C@H]1CN(c2ccc(-c3ccc(CNCc4nccs4)cc3)c(F)c2)C(=O)O1. The Labute approximate surface area is 189 Å². The number of amides is 2. The van der Waals surface area contributed by atoms with E-state index in [2.05, 4.69) is 15.6 Å². The molecule has 0 aliphatic carbocycles. The second kappa shape index (κ2) is 9.88. The lowest BCUT2D eigenvalue weighted by Gasteiger charge is -2.15. The first-order chi connectivity index (χ1) is 15.5. The highest BCUT2D eigenvalue weighted by molar-refractivity contribution is 7.09. The number of aromatic nitrogens is 1. The number of rotatable bonds is 8. The van der Waals surface area contributed by atoms with Crippen molar-refractivity contribution in [1.82, 2.24) is 15.6 Å². The van der Waals surface area contributed by atoms with Gasteiger partial charge in [-0.25, -0.2) is 14.2 Å². The fourth-order valence-corrected chi connectivity index (χ4v) is 4.04. The smallest absolute Gasteiger partial charge is 0.414 e. The van der Waals surface area contributed by atoms with Crippen molar-refractivity contribution in [3.8, 4) is 11.1 Å². The third-order valence-corrected chi connectivity index (χ3v) is 5.85. The fraction of sp³-hybridized carbons (Fsp3) is 0.261. The normalized spacial score (nSPS) is 15.6. The molecule has 2 amide bonds. The lowest BCUT2D eigenvalue weighted by atomic mass is 10.0. The van der Waals surface area contributed by atoms with Gasteiger partial charge in [-0.05, 0) is 29.3 Å². The Morgan fingerprint density at radius 1 is 1.25 bits per heavy atom. The van der Waals surface area contributed by atoms with Crippen molar-refractivity contribution < 1.29 is 18.7 Å². The monoisotopic (exact) mass is 454 g/mol. The zero-order valence-corrected chi connectivity index (χ0v) is 18.3. The molecule has 1 saturated heterocycles. The van der Waals surface area contributed by atoms with E-state index in [-0.39, 0.29) is 19.0 Å².